The zero-order valence-electron chi connectivity index (χ0n) is 16.5. The van der Waals surface area contributed by atoms with Gasteiger partial charge in [-0.2, -0.15) is 0 Å². The van der Waals surface area contributed by atoms with Crippen molar-refractivity contribution in [2.45, 2.75) is 25.8 Å². The number of benzene rings is 1. The van der Waals surface area contributed by atoms with E-state index >= 15 is 0 Å². The molecule has 0 unspecified atom stereocenters. The second kappa shape index (κ2) is 8.62. The van der Waals surface area contributed by atoms with Gasteiger partial charge in [-0.25, -0.2) is 9.67 Å². The molecule has 1 N–H and O–H groups in total. The van der Waals surface area contributed by atoms with Gasteiger partial charge in [0.05, 0.1) is 10.7 Å². The minimum atomic E-state index is -0.331. The van der Waals surface area contributed by atoms with Gasteiger partial charge >= 0.3 is 0 Å². The number of piperidine rings is 1. The molecule has 9 heteroatoms. The van der Waals surface area contributed by atoms with Crippen LogP contribution >= 0.6 is 11.6 Å². The van der Waals surface area contributed by atoms with Crippen molar-refractivity contribution in [3.05, 3.63) is 71.0 Å². The van der Waals surface area contributed by atoms with Crippen molar-refractivity contribution in [3.8, 4) is 5.69 Å². The van der Waals surface area contributed by atoms with Crippen LogP contribution < -0.4 is 5.32 Å². The fourth-order valence-corrected chi connectivity index (χ4v) is 3.71. The van der Waals surface area contributed by atoms with Crippen LogP contribution in [0.3, 0.4) is 0 Å². The number of aryl methyl sites for hydroxylation is 1. The zero-order valence-corrected chi connectivity index (χ0v) is 17.2. The highest BCUT2D eigenvalue weighted by Crippen LogP contribution is 2.20. The summed E-state index contributed by atoms with van der Waals surface area (Å²) >= 11 is 6.23. The van der Waals surface area contributed by atoms with E-state index < -0.39 is 0 Å². The van der Waals surface area contributed by atoms with Crippen molar-refractivity contribution in [1.29, 1.82) is 0 Å². The minimum absolute atomic E-state index is 0.0158. The van der Waals surface area contributed by atoms with E-state index in [9.17, 15) is 9.59 Å². The predicted octanol–water partition coefficient (Wildman–Crippen LogP) is 2.66. The summed E-state index contributed by atoms with van der Waals surface area (Å²) in [5.41, 5.74) is 1.29. The lowest BCUT2D eigenvalue weighted by Crippen LogP contribution is -2.46. The summed E-state index contributed by atoms with van der Waals surface area (Å²) in [6.07, 6.45) is 4.56. The Labute approximate surface area is 178 Å². The van der Waals surface area contributed by atoms with E-state index in [0.29, 0.717) is 48.0 Å². The van der Waals surface area contributed by atoms with Gasteiger partial charge in [0.2, 0.25) is 5.82 Å². The number of likely N-dealkylation sites (tertiary alicyclic amines) is 1. The van der Waals surface area contributed by atoms with Gasteiger partial charge in [-0.3, -0.25) is 14.6 Å². The molecule has 0 saturated carbocycles. The zero-order chi connectivity index (χ0) is 21.1. The Balaban J connectivity index is 1.37. The minimum Gasteiger partial charge on any atom is -0.346 e. The van der Waals surface area contributed by atoms with Crippen LogP contribution in [0.25, 0.3) is 5.69 Å². The van der Waals surface area contributed by atoms with E-state index in [1.54, 1.807) is 47.1 Å². The normalized spacial score (nSPS) is 14.5. The first-order valence-electron chi connectivity index (χ1n) is 9.71. The number of nitrogens with one attached hydrogen (secondary N) is 1. The van der Waals surface area contributed by atoms with Crippen LogP contribution in [0.5, 0.6) is 0 Å². The third-order valence-corrected chi connectivity index (χ3v) is 5.42. The predicted molar refractivity (Wildman–Crippen MR) is 112 cm³/mol. The molecule has 0 atom stereocenters. The molecule has 1 aromatic carbocycles. The first kappa shape index (κ1) is 20.0. The Morgan fingerprint density at radius 1 is 1.10 bits per heavy atom. The summed E-state index contributed by atoms with van der Waals surface area (Å²) in [6.45, 7) is 2.93. The van der Waals surface area contributed by atoms with E-state index in [2.05, 4.69) is 20.4 Å². The number of carbonyl (C=O) groups excluding carboxylic acids is 2. The molecular formula is C21H21ClN6O2. The van der Waals surface area contributed by atoms with Crippen molar-refractivity contribution in [1.82, 2.24) is 30.0 Å². The van der Waals surface area contributed by atoms with Crippen molar-refractivity contribution in [3.63, 3.8) is 0 Å². The summed E-state index contributed by atoms with van der Waals surface area (Å²) in [5, 5.41) is 7.84. The van der Waals surface area contributed by atoms with Crippen molar-refractivity contribution >= 4 is 23.4 Å². The number of halogens is 1. The number of amides is 2. The number of carbonyl (C=O) groups is 2. The highest BCUT2D eigenvalue weighted by Gasteiger charge is 2.26. The maximum atomic E-state index is 12.7. The molecule has 0 spiro atoms. The maximum Gasteiger partial charge on any atom is 0.291 e. The highest BCUT2D eigenvalue weighted by molar-refractivity contribution is 6.32. The van der Waals surface area contributed by atoms with Crippen LogP contribution in [-0.4, -0.2) is 55.6 Å². The summed E-state index contributed by atoms with van der Waals surface area (Å²) < 4.78 is 1.56. The Kier molecular flexibility index (Phi) is 5.76. The van der Waals surface area contributed by atoms with Gasteiger partial charge in [0.15, 0.2) is 0 Å². The van der Waals surface area contributed by atoms with Gasteiger partial charge in [0.25, 0.3) is 11.8 Å². The SMILES string of the molecule is Cc1nc(C(=O)NC2CCN(C(=O)c3ccncc3)CC2)nn1-c1ccccc1Cl. The number of rotatable bonds is 4. The second-order valence-electron chi connectivity index (χ2n) is 7.12. The topological polar surface area (TPSA) is 93.0 Å². The number of aromatic nitrogens is 4. The van der Waals surface area contributed by atoms with Gasteiger partial charge in [-0.05, 0) is 44.0 Å². The summed E-state index contributed by atoms with van der Waals surface area (Å²) in [7, 11) is 0. The lowest BCUT2D eigenvalue weighted by molar-refractivity contribution is 0.0697. The van der Waals surface area contributed by atoms with E-state index in [0.717, 1.165) is 0 Å². The summed E-state index contributed by atoms with van der Waals surface area (Å²) in [4.78, 5) is 35.2. The molecule has 2 amide bonds. The van der Waals surface area contributed by atoms with Crippen LogP contribution in [0, 0.1) is 6.92 Å². The molecule has 0 radical (unpaired) electrons. The molecule has 30 heavy (non-hydrogen) atoms. The monoisotopic (exact) mass is 424 g/mol. The number of para-hydroxylation sites is 1. The molecule has 4 rings (SSSR count). The third-order valence-electron chi connectivity index (χ3n) is 5.10. The molecule has 154 valence electrons. The fourth-order valence-electron chi connectivity index (χ4n) is 3.49. The van der Waals surface area contributed by atoms with Gasteiger partial charge in [-0.15, -0.1) is 5.10 Å². The number of hydrogen-bond acceptors (Lipinski definition) is 5. The first-order chi connectivity index (χ1) is 14.5. The van der Waals surface area contributed by atoms with Crippen LogP contribution in [0.4, 0.5) is 0 Å². The van der Waals surface area contributed by atoms with E-state index in [-0.39, 0.29) is 23.7 Å². The molecule has 3 aromatic rings. The molecule has 1 saturated heterocycles. The Bertz CT molecular complexity index is 1060. The lowest BCUT2D eigenvalue weighted by atomic mass is 10.0. The molecule has 1 aliphatic heterocycles. The van der Waals surface area contributed by atoms with Crippen LogP contribution in [-0.2, 0) is 0 Å². The number of pyridine rings is 1. The van der Waals surface area contributed by atoms with E-state index in [4.69, 9.17) is 11.6 Å². The largest absolute Gasteiger partial charge is 0.346 e. The molecular weight excluding hydrogens is 404 g/mol. The molecule has 2 aromatic heterocycles. The molecule has 3 heterocycles. The van der Waals surface area contributed by atoms with E-state index in [1.165, 1.54) is 0 Å². The number of nitrogens with zero attached hydrogens (tertiary/aromatic N) is 5. The van der Waals surface area contributed by atoms with Crippen LogP contribution in [0.2, 0.25) is 5.02 Å². The summed E-state index contributed by atoms with van der Waals surface area (Å²) in [5.74, 6) is 0.328. The molecule has 0 bridgehead atoms. The van der Waals surface area contributed by atoms with Crippen molar-refractivity contribution < 1.29 is 9.59 Å². The average Bonchev–Trinajstić information content (AvgIpc) is 3.16. The first-order valence-corrected chi connectivity index (χ1v) is 10.1. The average molecular weight is 425 g/mol. The van der Waals surface area contributed by atoms with Gasteiger partial charge in [-0.1, -0.05) is 23.7 Å². The number of hydrogen-bond donors (Lipinski definition) is 1. The third kappa shape index (κ3) is 4.18. The molecule has 1 aliphatic rings. The van der Waals surface area contributed by atoms with Crippen molar-refractivity contribution in [2.75, 3.05) is 13.1 Å². The lowest BCUT2D eigenvalue weighted by Gasteiger charge is -2.32. The highest BCUT2D eigenvalue weighted by atomic mass is 35.5. The molecule has 0 aliphatic carbocycles. The smallest absolute Gasteiger partial charge is 0.291 e. The Hall–Kier alpha value is -3.26. The van der Waals surface area contributed by atoms with E-state index in [1.807, 2.05) is 18.2 Å². The van der Waals surface area contributed by atoms with Gasteiger partial charge < -0.3 is 10.2 Å². The van der Waals surface area contributed by atoms with Crippen LogP contribution in [0.15, 0.2) is 48.8 Å². The maximum absolute atomic E-state index is 12.7. The fraction of sp³-hybridized carbons (Fsp3) is 0.286. The standard InChI is InChI=1S/C21H21ClN6O2/c1-14-24-19(26-28(14)18-5-3-2-4-17(18)22)20(29)25-16-8-12-27(13-9-16)21(30)15-6-10-23-11-7-15/h2-7,10-11,16H,8-9,12-13H2,1H3,(H,25,29). The van der Waals surface area contributed by atoms with Crippen LogP contribution in [0.1, 0.15) is 39.6 Å². The van der Waals surface area contributed by atoms with Gasteiger partial charge in [0.1, 0.15) is 5.82 Å². The second-order valence-corrected chi connectivity index (χ2v) is 7.53. The summed E-state index contributed by atoms with van der Waals surface area (Å²) in [6, 6.07) is 10.6. The quantitative estimate of drug-likeness (QED) is 0.695. The Morgan fingerprint density at radius 2 is 1.80 bits per heavy atom. The van der Waals surface area contributed by atoms with Crippen molar-refractivity contribution in [2.24, 2.45) is 0 Å². The Morgan fingerprint density at radius 3 is 2.50 bits per heavy atom. The molecule has 1 fully saturated rings. The molecule has 8 nitrogen and oxygen atoms in total. The van der Waals surface area contributed by atoms with Gasteiger partial charge in [0, 0.05) is 37.1 Å².